The summed E-state index contributed by atoms with van der Waals surface area (Å²) in [5.74, 6) is -0.311. The van der Waals surface area contributed by atoms with Gasteiger partial charge in [0.05, 0.1) is 10.6 Å². The maximum Gasteiger partial charge on any atom is 0.143 e. The molecule has 2 nitrogen and oxygen atoms in total. The van der Waals surface area contributed by atoms with E-state index < -0.39 is 18.0 Å². The Balaban J connectivity index is 3.00. The molecule has 96 valence electrons. The Labute approximate surface area is 110 Å². The lowest BCUT2D eigenvalue weighted by Crippen LogP contribution is -2.28. The molecule has 0 aromatic heterocycles. The molecule has 17 heavy (non-hydrogen) atoms. The SMILES string of the molecule is CCOC(C(C)C)C(O)c1cccc(Br)c1F. The van der Waals surface area contributed by atoms with Crippen LogP contribution in [0.5, 0.6) is 0 Å². The van der Waals surface area contributed by atoms with Crippen molar-refractivity contribution in [2.24, 2.45) is 5.92 Å². The largest absolute Gasteiger partial charge is 0.386 e. The quantitative estimate of drug-likeness (QED) is 0.899. The Morgan fingerprint density at radius 1 is 1.41 bits per heavy atom. The van der Waals surface area contributed by atoms with Crippen LogP contribution in [-0.4, -0.2) is 17.8 Å². The van der Waals surface area contributed by atoms with E-state index in [-0.39, 0.29) is 11.5 Å². The third-order valence-corrected chi connectivity index (χ3v) is 3.24. The summed E-state index contributed by atoms with van der Waals surface area (Å²) in [6.07, 6.45) is -1.35. The number of halogens is 2. The number of hydrogen-bond acceptors (Lipinski definition) is 2. The molecule has 0 amide bonds. The maximum absolute atomic E-state index is 13.9. The van der Waals surface area contributed by atoms with Crippen molar-refractivity contribution in [2.75, 3.05) is 6.61 Å². The lowest BCUT2D eigenvalue weighted by molar-refractivity contribution is -0.0597. The minimum Gasteiger partial charge on any atom is -0.386 e. The van der Waals surface area contributed by atoms with Gasteiger partial charge in [-0.2, -0.15) is 0 Å². The number of hydrogen-bond donors (Lipinski definition) is 1. The summed E-state index contributed by atoms with van der Waals surface area (Å²) in [7, 11) is 0. The number of benzene rings is 1. The average molecular weight is 305 g/mol. The van der Waals surface area contributed by atoms with Crippen LogP contribution in [0.3, 0.4) is 0 Å². The van der Waals surface area contributed by atoms with Gasteiger partial charge in [-0.15, -0.1) is 0 Å². The fourth-order valence-corrected chi connectivity index (χ4v) is 2.15. The van der Waals surface area contributed by atoms with Gasteiger partial charge in [-0.05, 0) is 34.8 Å². The first-order valence-corrected chi connectivity index (χ1v) is 6.51. The molecular formula is C13H18BrFO2. The standard InChI is InChI=1S/C13H18BrFO2/c1-4-17-13(8(2)3)12(16)9-6-5-7-10(14)11(9)15/h5-8,12-13,16H,4H2,1-3H3. The molecular weight excluding hydrogens is 287 g/mol. The molecule has 0 bridgehead atoms. The van der Waals surface area contributed by atoms with Gasteiger partial charge in [0.1, 0.15) is 11.9 Å². The molecule has 0 aliphatic carbocycles. The lowest BCUT2D eigenvalue weighted by Gasteiger charge is -2.26. The molecule has 0 radical (unpaired) electrons. The summed E-state index contributed by atoms with van der Waals surface area (Å²) in [6.45, 7) is 6.24. The summed E-state index contributed by atoms with van der Waals surface area (Å²) in [5, 5.41) is 10.2. The second kappa shape index (κ2) is 6.47. The molecule has 1 rings (SSSR count). The summed E-state index contributed by atoms with van der Waals surface area (Å²) < 4.78 is 19.7. The van der Waals surface area contributed by atoms with Crippen molar-refractivity contribution in [1.82, 2.24) is 0 Å². The highest BCUT2D eigenvalue weighted by molar-refractivity contribution is 9.10. The Hall–Kier alpha value is -0.450. The fourth-order valence-electron chi connectivity index (χ4n) is 1.77. The molecule has 1 N–H and O–H groups in total. The summed E-state index contributed by atoms with van der Waals surface area (Å²) in [6, 6.07) is 4.89. The molecule has 0 fully saturated rings. The molecule has 0 aliphatic rings. The second-order valence-corrected chi connectivity index (χ2v) is 5.11. The molecule has 1 aromatic carbocycles. The minimum atomic E-state index is -0.951. The first-order valence-electron chi connectivity index (χ1n) is 5.72. The summed E-state index contributed by atoms with van der Waals surface area (Å²) in [4.78, 5) is 0. The first kappa shape index (κ1) is 14.6. The van der Waals surface area contributed by atoms with E-state index in [1.165, 1.54) is 0 Å². The fraction of sp³-hybridized carbons (Fsp3) is 0.538. The third kappa shape index (κ3) is 3.50. The van der Waals surface area contributed by atoms with Crippen LogP contribution >= 0.6 is 15.9 Å². The van der Waals surface area contributed by atoms with Crippen molar-refractivity contribution in [3.63, 3.8) is 0 Å². The highest BCUT2D eigenvalue weighted by Gasteiger charge is 2.27. The molecule has 2 unspecified atom stereocenters. The van der Waals surface area contributed by atoms with Gasteiger partial charge < -0.3 is 9.84 Å². The average Bonchev–Trinajstić information content (AvgIpc) is 2.28. The Kier molecular flexibility index (Phi) is 5.56. The van der Waals surface area contributed by atoms with E-state index in [4.69, 9.17) is 4.74 Å². The van der Waals surface area contributed by atoms with E-state index in [9.17, 15) is 9.50 Å². The Bertz CT molecular complexity index is 368. The van der Waals surface area contributed by atoms with E-state index >= 15 is 0 Å². The molecule has 0 saturated heterocycles. The second-order valence-electron chi connectivity index (χ2n) is 4.25. The van der Waals surface area contributed by atoms with Crippen molar-refractivity contribution >= 4 is 15.9 Å². The van der Waals surface area contributed by atoms with Crippen molar-refractivity contribution in [1.29, 1.82) is 0 Å². The van der Waals surface area contributed by atoms with Gasteiger partial charge in [-0.1, -0.05) is 26.0 Å². The smallest absolute Gasteiger partial charge is 0.143 e. The molecule has 4 heteroatoms. The minimum absolute atomic E-state index is 0.114. The molecule has 0 spiro atoms. The van der Waals surface area contributed by atoms with Crippen LogP contribution in [0.1, 0.15) is 32.4 Å². The van der Waals surface area contributed by atoms with Crippen molar-refractivity contribution in [3.05, 3.63) is 34.1 Å². The zero-order valence-corrected chi connectivity index (χ0v) is 11.9. The van der Waals surface area contributed by atoms with Gasteiger partial charge in [-0.25, -0.2) is 4.39 Å². The molecule has 0 saturated carbocycles. The maximum atomic E-state index is 13.9. The van der Waals surface area contributed by atoms with Gasteiger partial charge >= 0.3 is 0 Å². The van der Waals surface area contributed by atoms with Crippen LogP contribution in [0.2, 0.25) is 0 Å². The van der Waals surface area contributed by atoms with Gasteiger partial charge in [-0.3, -0.25) is 0 Å². The lowest BCUT2D eigenvalue weighted by atomic mass is 9.95. The van der Waals surface area contributed by atoms with Crippen molar-refractivity contribution in [2.45, 2.75) is 33.0 Å². The molecule has 0 heterocycles. The van der Waals surface area contributed by atoms with E-state index in [1.807, 2.05) is 20.8 Å². The number of aliphatic hydroxyl groups excluding tert-OH is 1. The monoisotopic (exact) mass is 304 g/mol. The topological polar surface area (TPSA) is 29.5 Å². The number of ether oxygens (including phenoxy) is 1. The first-order chi connectivity index (χ1) is 7.99. The van der Waals surface area contributed by atoms with Crippen LogP contribution in [0, 0.1) is 11.7 Å². The normalized spacial score (nSPS) is 15.0. The van der Waals surface area contributed by atoms with Crippen LogP contribution in [0.25, 0.3) is 0 Å². The Morgan fingerprint density at radius 3 is 2.59 bits per heavy atom. The van der Waals surface area contributed by atoms with Crippen molar-refractivity contribution < 1.29 is 14.2 Å². The highest BCUT2D eigenvalue weighted by Crippen LogP contribution is 2.29. The van der Waals surface area contributed by atoms with Crippen molar-refractivity contribution in [3.8, 4) is 0 Å². The van der Waals surface area contributed by atoms with E-state index in [0.29, 0.717) is 11.1 Å². The highest BCUT2D eigenvalue weighted by atomic mass is 79.9. The molecule has 0 aliphatic heterocycles. The predicted octanol–water partition coefficient (Wildman–Crippen LogP) is 3.68. The summed E-state index contributed by atoms with van der Waals surface area (Å²) in [5.41, 5.74) is 0.270. The van der Waals surface area contributed by atoms with E-state index in [2.05, 4.69) is 15.9 Å². The van der Waals surface area contributed by atoms with Gasteiger partial charge in [0.2, 0.25) is 0 Å². The van der Waals surface area contributed by atoms with E-state index in [1.54, 1.807) is 18.2 Å². The van der Waals surface area contributed by atoms with Gasteiger partial charge in [0.15, 0.2) is 0 Å². The Morgan fingerprint density at radius 2 is 2.06 bits per heavy atom. The van der Waals surface area contributed by atoms with Crippen LogP contribution in [0.4, 0.5) is 4.39 Å². The van der Waals surface area contributed by atoms with Crippen LogP contribution < -0.4 is 0 Å². The van der Waals surface area contributed by atoms with E-state index in [0.717, 1.165) is 0 Å². The van der Waals surface area contributed by atoms with Crippen LogP contribution in [-0.2, 0) is 4.74 Å². The molecule has 1 aromatic rings. The van der Waals surface area contributed by atoms with Gasteiger partial charge in [0.25, 0.3) is 0 Å². The zero-order chi connectivity index (χ0) is 13.0. The number of rotatable bonds is 5. The third-order valence-electron chi connectivity index (χ3n) is 2.63. The van der Waals surface area contributed by atoms with Crippen LogP contribution in [0.15, 0.2) is 22.7 Å². The molecule has 2 atom stereocenters. The van der Waals surface area contributed by atoms with Gasteiger partial charge in [0, 0.05) is 12.2 Å². The number of aliphatic hydroxyl groups is 1. The predicted molar refractivity (Wildman–Crippen MR) is 69.3 cm³/mol. The zero-order valence-electron chi connectivity index (χ0n) is 10.3. The summed E-state index contributed by atoms with van der Waals surface area (Å²) >= 11 is 3.11.